The Kier molecular flexibility index (Phi) is 5.06. The summed E-state index contributed by atoms with van der Waals surface area (Å²) in [5.41, 5.74) is 6.77. The lowest BCUT2D eigenvalue weighted by atomic mass is 10.0. The summed E-state index contributed by atoms with van der Waals surface area (Å²) in [7, 11) is 0. The number of hydrogen-bond acceptors (Lipinski definition) is 1. The molecule has 0 aliphatic rings. The van der Waals surface area contributed by atoms with Gasteiger partial charge in [-0.25, -0.2) is 4.39 Å². The fourth-order valence-electron chi connectivity index (χ4n) is 1.52. The predicted octanol–water partition coefficient (Wildman–Crippen LogP) is 4.06. The van der Waals surface area contributed by atoms with Gasteiger partial charge in [0.15, 0.2) is 0 Å². The van der Waals surface area contributed by atoms with E-state index in [1.807, 2.05) is 0 Å². The van der Waals surface area contributed by atoms with Crippen LogP contribution in [0.4, 0.5) is 4.39 Å². The quantitative estimate of drug-likeness (QED) is 0.758. The highest BCUT2D eigenvalue weighted by molar-refractivity contribution is 6.30. The molecular weight excluding hydrogens is 213 g/mol. The average Bonchev–Trinajstić information content (AvgIpc) is 2.22. The summed E-state index contributed by atoms with van der Waals surface area (Å²) < 4.78 is 13.1. The minimum atomic E-state index is -0.389. The molecule has 0 unspecified atom stereocenters. The van der Waals surface area contributed by atoms with Crippen LogP contribution >= 0.6 is 11.6 Å². The Balaban J connectivity index is 2.57. The largest absolute Gasteiger partial charge is 0.324 e. The number of rotatable bonds is 5. The fraction of sp³-hybridized carbons (Fsp3) is 0.500. The Labute approximate surface area is 95.4 Å². The second-order valence-electron chi connectivity index (χ2n) is 3.78. The molecule has 1 nitrogen and oxygen atoms in total. The lowest BCUT2D eigenvalue weighted by Gasteiger charge is -2.11. The van der Waals surface area contributed by atoms with Crippen LogP contribution in [0.1, 0.15) is 44.2 Å². The van der Waals surface area contributed by atoms with E-state index in [0.29, 0.717) is 0 Å². The summed E-state index contributed by atoms with van der Waals surface area (Å²) in [5, 5.41) is 0.152. The summed E-state index contributed by atoms with van der Waals surface area (Å²) in [5.74, 6) is -0.389. The fourth-order valence-corrected chi connectivity index (χ4v) is 1.64. The Morgan fingerprint density at radius 1 is 1.40 bits per heavy atom. The van der Waals surface area contributed by atoms with E-state index in [9.17, 15) is 4.39 Å². The molecule has 0 saturated carbocycles. The lowest BCUT2D eigenvalue weighted by molar-refractivity contribution is 0.572. The first kappa shape index (κ1) is 12.5. The number of unbranched alkanes of at least 4 members (excludes halogenated alkanes) is 2. The van der Waals surface area contributed by atoms with Crippen molar-refractivity contribution in [2.45, 2.75) is 38.6 Å². The average molecular weight is 230 g/mol. The number of benzene rings is 1. The standard InChI is InChI=1S/C12H17ClFN/c1-2-3-4-5-12(15)9-6-7-10(13)11(14)8-9/h6-8,12H,2-5,15H2,1H3/t12-/m1/s1. The van der Waals surface area contributed by atoms with Crippen molar-refractivity contribution in [3.05, 3.63) is 34.6 Å². The topological polar surface area (TPSA) is 26.0 Å². The zero-order valence-electron chi connectivity index (χ0n) is 8.97. The zero-order valence-corrected chi connectivity index (χ0v) is 9.73. The van der Waals surface area contributed by atoms with Gasteiger partial charge in [-0.2, -0.15) is 0 Å². The van der Waals surface area contributed by atoms with Crippen LogP contribution in [0, 0.1) is 5.82 Å². The second-order valence-corrected chi connectivity index (χ2v) is 4.18. The van der Waals surface area contributed by atoms with Gasteiger partial charge < -0.3 is 5.73 Å². The van der Waals surface area contributed by atoms with Crippen molar-refractivity contribution in [1.82, 2.24) is 0 Å². The molecule has 0 fully saturated rings. The minimum absolute atomic E-state index is 0.0803. The maximum Gasteiger partial charge on any atom is 0.142 e. The molecule has 1 rings (SSSR count). The highest BCUT2D eigenvalue weighted by Crippen LogP contribution is 2.22. The van der Waals surface area contributed by atoms with Crippen molar-refractivity contribution < 1.29 is 4.39 Å². The van der Waals surface area contributed by atoms with Gasteiger partial charge in [0.05, 0.1) is 5.02 Å². The molecule has 15 heavy (non-hydrogen) atoms. The molecule has 0 aliphatic heterocycles. The first-order valence-electron chi connectivity index (χ1n) is 5.35. The van der Waals surface area contributed by atoms with E-state index in [1.54, 1.807) is 12.1 Å². The molecule has 0 aromatic heterocycles. The summed E-state index contributed by atoms with van der Waals surface area (Å²) >= 11 is 5.60. The summed E-state index contributed by atoms with van der Waals surface area (Å²) in [4.78, 5) is 0. The summed E-state index contributed by atoms with van der Waals surface area (Å²) in [6.45, 7) is 2.15. The van der Waals surface area contributed by atoms with Crippen molar-refractivity contribution in [1.29, 1.82) is 0 Å². The van der Waals surface area contributed by atoms with Gasteiger partial charge in [-0.05, 0) is 24.1 Å². The van der Waals surface area contributed by atoms with E-state index in [2.05, 4.69) is 6.92 Å². The molecule has 0 amide bonds. The Morgan fingerprint density at radius 3 is 2.73 bits per heavy atom. The number of nitrogens with two attached hydrogens (primary N) is 1. The van der Waals surface area contributed by atoms with Crippen LogP contribution in [0.15, 0.2) is 18.2 Å². The van der Waals surface area contributed by atoms with Crippen LogP contribution < -0.4 is 5.73 Å². The molecule has 1 aromatic carbocycles. The Bertz CT molecular complexity index is 314. The van der Waals surface area contributed by atoms with Gasteiger partial charge >= 0.3 is 0 Å². The maximum absolute atomic E-state index is 13.1. The molecule has 0 spiro atoms. The van der Waals surface area contributed by atoms with Crippen LogP contribution in [0.2, 0.25) is 5.02 Å². The monoisotopic (exact) mass is 229 g/mol. The third-order valence-corrected chi connectivity index (χ3v) is 2.80. The minimum Gasteiger partial charge on any atom is -0.324 e. The zero-order chi connectivity index (χ0) is 11.3. The van der Waals surface area contributed by atoms with E-state index < -0.39 is 0 Å². The third-order valence-electron chi connectivity index (χ3n) is 2.49. The molecule has 0 heterocycles. The normalized spacial score (nSPS) is 12.8. The SMILES string of the molecule is CCCCC[C@@H](N)c1ccc(Cl)c(F)c1. The molecule has 0 aliphatic carbocycles. The van der Waals surface area contributed by atoms with E-state index in [0.717, 1.165) is 18.4 Å². The van der Waals surface area contributed by atoms with Crippen molar-refractivity contribution in [2.24, 2.45) is 5.73 Å². The van der Waals surface area contributed by atoms with Crippen molar-refractivity contribution in [2.75, 3.05) is 0 Å². The Morgan fingerprint density at radius 2 is 2.13 bits per heavy atom. The van der Waals surface area contributed by atoms with Crippen LogP contribution in [0.5, 0.6) is 0 Å². The molecule has 1 atom stereocenters. The molecule has 3 heteroatoms. The van der Waals surface area contributed by atoms with Gasteiger partial charge in [0.25, 0.3) is 0 Å². The van der Waals surface area contributed by atoms with Crippen LogP contribution in [-0.4, -0.2) is 0 Å². The van der Waals surface area contributed by atoms with Gasteiger partial charge in [-0.3, -0.25) is 0 Å². The molecule has 0 bridgehead atoms. The van der Waals surface area contributed by atoms with Crippen LogP contribution in [0.3, 0.4) is 0 Å². The maximum atomic E-state index is 13.1. The summed E-state index contributed by atoms with van der Waals surface area (Å²) in [6, 6.07) is 4.70. The van der Waals surface area contributed by atoms with Crippen LogP contribution in [-0.2, 0) is 0 Å². The van der Waals surface area contributed by atoms with Crippen molar-refractivity contribution >= 4 is 11.6 Å². The van der Waals surface area contributed by atoms with E-state index in [4.69, 9.17) is 17.3 Å². The lowest BCUT2D eigenvalue weighted by Crippen LogP contribution is -2.10. The summed E-state index contributed by atoms with van der Waals surface area (Å²) in [6.07, 6.45) is 4.32. The van der Waals surface area contributed by atoms with Crippen molar-refractivity contribution in [3.63, 3.8) is 0 Å². The molecule has 1 aromatic rings. The smallest absolute Gasteiger partial charge is 0.142 e. The van der Waals surface area contributed by atoms with Gasteiger partial charge in [0.2, 0.25) is 0 Å². The first-order chi connectivity index (χ1) is 7.15. The highest BCUT2D eigenvalue weighted by Gasteiger charge is 2.08. The van der Waals surface area contributed by atoms with E-state index >= 15 is 0 Å². The number of halogens is 2. The molecule has 2 N–H and O–H groups in total. The van der Waals surface area contributed by atoms with Gasteiger partial charge in [-0.1, -0.05) is 43.9 Å². The van der Waals surface area contributed by atoms with E-state index in [1.165, 1.54) is 18.9 Å². The first-order valence-corrected chi connectivity index (χ1v) is 5.73. The van der Waals surface area contributed by atoms with Crippen LogP contribution in [0.25, 0.3) is 0 Å². The van der Waals surface area contributed by atoms with Gasteiger partial charge in [-0.15, -0.1) is 0 Å². The number of hydrogen-bond donors (Lipinski definition) is 1. The molecule has 0 radical (unpaired) electrons. The molecule has 84 valence electrons. The molecule has 0 saturated heterocycles. The van der Waals surface area contributed by atoms with E-state index in [-0.39, 0.29) is 16.9 Å². The van der Waals surface area contributed by atoms with Gasteiger partial charge in [0.1, 0.15) is 5.82 Å². The highest BCUT2D eigenvalue weighted by atomic mass is 35.5. The second kappa shape index (κ2) is 6.09. The molecular formula is C12H17ClFN. The van der Waals surface area contributed by atoms with Crippen molar-refractivity contribution in [3.8, 4) is 0 Å². The van der Waals surface area contributed by atoms with Gasteiger partial charge in [0, 0.05) is 6.04 Å². The Hall–Kier alpha value is -0.600. The predicted molar refractivity (Wildman–Crippen MR) is 62.5 cm³/mol. The third kappa shape index (κ3) is 3.80.